The van der Waals surface area contributed by atoms with E-state index < -0.39 is 0 Å². The van der Waals surface area contributed by atoms with Crippen molar-refractivity contribution in [1.29, 1.82) is 0 Å². The lowest BCUT2D eigenvalue weighted by molar-refractivity contribution is -0.130. The number of carbonyl (C=O) groups is 1. The van der Waals surface area contributed by atoms with Gasteiger partial charge in [0.05, 0.1) is 12.2 Å². The molecule has 0 aromatic rings. The molecule has 0 aromatic heterocycles. The van der Waals surface area contributed by atoms with Crippen molar-refractivity contribution in [3.8, 4) is 0 Å². The second-order valence-corrected chi connectivity index (χ2v) is 5.73. The van der Waals surface area contributed by atoms with E-state index in [0.717, 1.165) is 32.2 Å². The van der Waals surface area contributed by atoms with E-state index in [4.69, 9.17) is 0 Å². The molecule has 1 heterocycles. The molecule has 3 heteroatoms. The molecule has 1 aliphatic rings. The van der Waals surface area contributed by atoms with Crippen molar-refractivity contribution < 1.29 is 4.79 Å². The van der Waals surface area contributed by atoms with Crippen LogP contribution in [-0.2, 0) is 4.79 Å². The van der Waals surface area contributed by atoms with Gasteiger partial charge in [0.1, 0.15) is 0 Å². The Morgan fingerprint density at radius 1 is 1.00 bits per heavy atom. The lowest BCUT2D eigenvalue weighted by Crippen LogP contribution is -2.37. The van der Waals surface area contributed by atoms with Gasteiger partial charge in [-0.25, -0.2) is 0 Å². The van der Waals surface area contributed by atoms with Crippen molar-refractivity contribution in [2.24, 2.45) is 0 Å². The van der Waals surface area contributed by atoms with Gasteiger partial charge in [0.2, 0.25) is 5.91 Å². The summed E-state index contributed by atoms with van der Waals surface area (Å²) < 4.78 is 0. The molecule has 2 atom stereocenters. The van der Waals surface area contributed by atoms with Gasteiger partial charge >= 0.3 is 0 Å². The van der Waals surface area contributed by atoms with Gasteiger partial charge < -0.3 is 4.90 Å². The average Bonchev–Trinajstić information content (AvgIpc) is 2.71. The predicted octanol–water partition coefficient (Wildman–Crippen LogP) is 3.68. The molecule has 0 aromatic carbocycles. The minimum atomic E-state index is 0.0663. The van der Waals surface area contributed by atoms with Crippen LogP contribution in [0.4, 0.5) is 0 Å². The second kappa shape index (κ2) is 9.35. The predicted molar refractivity (Wildman–Crippen MR) is 81.0 cm³/mol. The molecule has 0 aliphatic carbocycles. The van der Waals surface area contributed by atoms with E-state index in [0.29, 0.717) is 5.91 Å². The number of carbonyl (C=O) groups excluding carboxylic acids is 1. The zero-order valence-corrected chi connectivity index (χ0v) is 13.1. The number of rotatable bonds is 10. The Bertz CT molecular complexity index is 255. The first-order valence-corrected chi connectivity index (χ1v) is 8.31. The molecule has 0 saturated carbocycles. The van der Waals surface area contributed by atoms with E-state index >= 15 is 0 Å². The van der Waals surface area contributed by atoms with Crippen molar-refractivity contribution in [2.75, 3.05) is 6.54 Å². The summed E-state index contributed by atoms with van der Waals surface area (Å²) in [5.41, 5.74) is 0. The van der Waals surface area contributed by atoms with Gasteiger partial charge in [-0.3, -0.25) is 10.1 Å². The molecule has 1 amide bonds. The van der Waals surface area contributed by atoms with E-state index in [-0.39, 0.29) is 12.2 Å². The topological polar surface area (TPSA) is 32.3 Å². The zero-order valence-electron chi connectivity index (χ0n) is 13.1. The fourth-order valence-corrected chi connectivity index (χ4v) is 2.88. The fourth-order valence-electron chi connectivity index (χ4n) is 2.88. The molecular formula is C16H32N2O. The highest BCUT2D eigenvalue weighted by Crippen LogP contribution is 2.18. The number of unbranched alkanes of at least 4 members (excludes halogenated alkanes) is 5. The SMILES string of the molecule is CCCCCCCCN1C(=O)C(CC)NC1CCC. The van der Waals surface area contributed by atoms with Crippen LogP contribution in [0.5, 0.6) is 0 Å². The van der Waals surface area contributed by atoms with Crippen LogP contribution in [0.2, 0.25) is 0 Å². The molecule has 1 rings (SSSR count). The third-order valence-electron chi connectivity index (χ3n) is 4.07. The van der Waals surface area contributed by atoms with Crippen molar-refractivity contribution in [2.45, 2.75) is 90.8 Å². The van der Waals surface area contributed by atoms with Gasteiger partial charge in [-0.05, 0) is 19.3 Å². The minimum absolute atomic E-state index is 0.0663. The van der Waals surface area contributed by atoms with Crippen molar-refractivity contribution in [3.05, 3.63) is 0 Å². The first-order chi connectivity index (χ1) is 9.24. The van der Waals surface area contributed by atoms with Crippen LogP contribution in [-0.4, -0.2) is 29.6 Å². The molecule has 1 aliphatic heterocycles. The molecule has 1 N–H and O–H groups in total. The summed E-state index contributed by atoms with van der Waals surface area (Å²) in [5.74, 6) is 0.328. The van der Waals surface area contributed by atoms with Gasteiger partial charge in [-0.1, -0.05) is 59.3 Å². The number of hydrogen-bond donors (Lipinski definition) is 1. The second-order valence-electron chi connectivity index (χ2n) is 5.73. The molecule has 3 nitrogen and oxygen atoms in total. The minimum Gasteiger partial charge on any atom is -0.326 e. The first kappa shape index (κ1) is 16.5. The molecule has 112 valence electrons. The Hall–Kier alpha value is -0.570. The molecule has 1 fully saturated rings. The molecule has 2 unspecified atom stereocenters. The molecule has 0 spiro atoms. The fraction of sp³-hybridized carbons (Fsp3) is 0.938. The van der Waals surface area contributed by atoms with E-state index in [1.54, 1.807) is 0 Å². The van der Waals surface area contributed by atoms with Gasteiger partial charge in [-0.15, -0.1) is 0 Å². The van der Waals surface area contributed by atoms with Crippen LogP contribution >= 0.6 is 0 Å². The highest BCUT2D eigenvalue weighted by atomic mass is 16.2. The smallest absolute Gasteiger partial charge is 0.241 e. The summed E-state index contributed by atoms with van der Waals surface area (Å²) in [6, 6.07) is 0.0663. The molecule has 1 saturated heterocycles. The van der Waals surface area contributed by atoms with Crippen molar-refractivity contribution >= 4 is 5.91 Å². The summed E-state index contributed by atoms with van der Waals surface area (Å²) in [4.78, 5) is 14.3. The Morgan fingerprint density at radius 3 is 2.32 bits per heavy atom. The maximum atomic E-state index is 12.3. The summed E-state index contributed by atoms with van der Waals surface area (Å²) in [6.07, 6.45) is 11.1. The Balaban J connectivity index is 2.30. The van der Waals surface area contributed by atoms with E-state index in [1.807, 2.05) is 0 Å². The molecular weight excluding hydrogens is 236 g/mol. The monoisotopic (exact) mass is 268 g/mol. The standard InChI is InChI=1S/C16H32N2O/c1-4-7-8-9-10-11-13-18-15(12-5-2)17-14(6-3)16(18)19/h14-15,17H,4-13H2,1-3H3. The van der Waals surface area contributed by atoms with E-state index in [1.165, 1.54) is 32.1 Å². The van der Waals surface area contributed by atoms with E-state index in [9.17, 15) is 4.79 Å². The van der Waals surface area contributed by atoms with Crippen LogP contribution in [0.25, 0.3) is 0 Å². The summed E-state index contributed by atoms with van der Waals surface area (Å²) in [5, 5.41) is 3.48. The molecule has 0 bridgehead atoms. The zero-order chi connectivity index (χ0) is 14.1. The number of nitrogens with zero attached hydrogens (tertiary/aromatic N) is 1. The lowest BCUT2D eigenvalue weighted by Gasteiger charge is -2.23. The van der Waals surface area contributed by atoms with Crippen molar-refractivity contribution in [3.63, 3.8) is 0 Å². The Morgan fingerprint density at radius 2 is 1.68 bits per heavy atom. The number of nitrogens with one attached hydrogen (secondary N) is 1. The van der Waals surface area contributed by atoms with Crippen LogP contribution in [0.3, 0.4) is 0 Å². The highest BCUT2D eigenvalue weighted by molar-refractivity contribution is 5.84. The van der Waals surface area contributed by atoms with Crippen LogP contribution in [0, 0.1) is 0 Å². The largest absolute Gasteiger partial charge is 0.326 e. The van der Waals surface area contributed by atoms with Crippen LogP contribution < -0.4 is 5.32 Å². The molecule has 19 heavy (non-hydrogen) atoms. The highest BCUT2D eigenvalue weighted by Gasteiger charge is 2.36. The summed E-state index contributed by atoms with van der Waals surface area (Å²) >= 11 is 0. The maximum absolute atomic E-state index is 12.3. The maximum Gasteiger partial charge on any atom is 0.241 e. The van der Waals surface area contributed by atoms with Gasteiger partial charge in [0.15, 0.2) is 0 Å². The number of amides is 1. The average molecular weight is 268 g/mol. The van der Waals surface area contributed by atoms with Crippen LogP contribution in [0.15, 0.2) is 0 Å². The van der Waals surface area contributed by atoms with Crippen molar-refractivity contribution in [1.82, 2.24) is 10.2 Å². The molecule has 0 radical (unpaired) electrons. The number of hydrogen-bond acceptors (Lipinski definition) is 2. The normalized spacial score (nSPS) is 23.3. The Labute approximate surface area is 119 Å². The first-order valence-electron chi connectivity index (χ1n) is 8.31. The third-order valence-corrected chi connectivity index (χ3v) is 4.07. The van der Waals surface area contributed by atoms with Gasteiger partial charge in [-0.2, -0.15) is 0 Å². The summed E-state index contributed by atoms with van der Waals surface area (Å²) in [7, 11) is 0. The third kappa shape index (κ3) is 5.13. The Kier molecular flexibility index (Phi) is 8.11. The van der Waals surface area contributed by atoms with Gasteiger partial charge in [0, 0.05) is 6.54 Å². The van der Waals surface area contributed by atoms with Crippen LogP contribution in [0.1, 0.15) is 78.6 Å². The lowest BCUT2D eigenvalue weighted by atomic mass is 10.1. The summed E-state index contributed by atoms with van der Waals surface area (Å²) in [6.45, 7) is 7.47. The van der Waals surface area contributed by atoms with E-state index in [2.05, 4.69) is 31.0 Å². The van der Waals surface area contributed by atoms with Gasteiger partial charge in [0.25, 0.3) is 0 Å². The quantitative estimate of drug-likeness (QED) is 0.613.